The number of ether oxygens (including phenoxy) is 3. The van der Waals surface area contributed by atoms with Crippen molar-refractivity contribution in [2.75, 3.05) is 13.7 Å². The smallest absolute Gasteiger partial charge is 0.307 e. The summed E-state index contributed by atoms with van der Waals surface area (Å²) < 4.78 is 18.5. The van der Waals surface area contributed by atoms with Crippen LogP contribution in [0.5, 0.6) is 11.6 Å². The first-order chi connectivity index (χ1) is 21.4. The van der Waals surface area contributed by atoms with Crippen LogP contribution < -0.4 is 9.47 Å². The van der Waals surface area contributed by atoms with E-state index in [-0.39, 0.29) is 36.2 Å². The average molecular weight is 620 g/mol. The molecule has 1 aromatic carbocycles. The maximum absolute atomic E-state index is 14.3. The molecule has 2 aliphatic heterocycles. The van der Waals surface area contributed by atoms with Gasteiger partial charge in [-0.3, -0.25) is 9.59 Å². The van der Waals surface area contributed by atoms with Gasteiger partial charge in [-0.2, -0.15) is 0 Å². The van der Waals surface area contributed by atoms with E-state index in [1.54, 1.807) is 12.0 Å². The van der Waals surface area contributed by atoms with Crippen LogP contribution in [0.15, 0.2) is 18.2 Å². The molecule has 3 fully saturated rings. The number of carbonyl (C=O) groups is 3. The van der Waals surface area contributed by atoms with Crippen LogP contribution in [0.3, 0.4) is 0 Å². The predicted molar refractivity (Wildman–Crippen MR) is 170 cm³/mol. The molecule has 2 saturated carbocycles. The van der Waals surface area contributed by atoms with Gasteiger partial charge >= 0.3 is 5.97 Å². The molecule has 6 atom stereocenters. The third kappa shape index (κ3) is 6.03. The van der Waals surface area contributed by atoms with Crippen LogP contribution in [0.1, 0.15) is 105 Å². The Bertz CT molecular complexity index is 1460. The molecule has 1 spiro atoms. The van der Waals surface area contributed by atoms with Crippen molar-refractivity contribution in [1.82, 2.24) is 14.9 Å². The summed E-state index contributed by atoms with van der Waals surface area (Å²) in [5, 5.41) is 0. The summed E-state index contributed by atoms with van der Waals surface area (Å²) in [5.41, 5.74) is 1.22. The zero-order valence-corrected chi connectivity index (χ0v) is 27.8. The Labute approximate surface area is 266 Å². The van der Waals surface area contributed by atoms with E-state index in [4.69, 9.17) is 24.2 Å². The lowest BCUT2D eigenvalue weighted by Gasteiger charge is -2.36. The maximum Gasteiger partial charge on any atom is 0.307 e. The summed E-state index contributed by atoms with van der Waals surface area (Å²) >= 11 is 0. The summed E-state index contributed by atoms with van der Waals surface area (Å²) in [4.78, 5) is 52.1. The number of benzene rings is 1. The number of nitrogens with zero attached hydrogens (tertiary/aromatic N) is 3. The van der Waals surface area contributed by atoms with Gasteiger partial charge in [0.05, 0.1) is 43.1 Å². The van der Waals surface area contributed by atoms with Crippen LogP contribution in [0.4, 0.5) is 0 Å². The summed E-state index contributed by atoms with van der Waals surface area (Å²) in [5.74, 6) is 0.0272. The molecular formula is C36H49N3O6. The van der Waals surface area contributed by atoms with Gasteiger partial charge in [-0.25, -0.2) is 9.97 Å². The van der Waals surface area contributed by atoms with Crippen LogP contribution in [0, 0.1) is 23.2 Å². The minimum atomic E-state index is -0.672. The first-order valence-electron chi connectivity index (χ1n) is 16.9. The number of carbonyl (C=O) groups excluding carboxylic acids is 3. The molecule has 0 N–H and O–H groups in total. The van der Waals surface area contributed by atoms with Gasteiger partial charge in [-0.05, 0) is 75.3 Å². The van der Waals surface area contributed by atoms with Crippen LogP contribution >= 0.6 is 0 Å². The highest BCUT2D eigenvalue weighted by molar-refractivity contribution is 5.87. The highest BCUT2D eigenvalue weighted by atomic mass is 16.6. The third-order valence-corrected chi connectivity index (χ3v) is 11.4. The molecule has 0 radical (unpaired) electrons. The molecule has 0 unspecified atom stereocenters. The number of amides is 1. The number of methoxy groups -OCH3 is 1. The van der Waals surface area contributed by atoms with E-state index in [1.165, 1.54) is 0 Å². The molecule has 2 bridgehead atoms. The van der Waals surface area contributed by atoms with Gasteiger partial charge in [-0.15, -0.1) is 0 Å². The lowest BCUT2D eigenvalue weighted by atomic mass is 9.77. The lowest BCUT2D eigenvalue weighted by molar-refractivity contribution is -0.167. The fourth-order valence-electron chi connectivity index (χ4n) is 8.12. The molecule has 2 aromatic rings. The summed E-state index contributed by atoms with van der Waals surface area (Å²) in [6, 6.07) is 5.04. The lowest BCUT2D eigenvalue weighted by Crippen LogP contribution is -2.47. The molecule has 9 nitrogen and oxygen atoms in total. The number of fused-ring (bicyclic) bond motifs is 6. The molecule has 9 heteroatoms. The van der Waals surface area contributed by atoms with Gasteiger partial charge in [0.2, 0.25) is 11.8 Å². The summed E-state index contributed by atoms with van der Waals surface area (Å²) in [6.07, 6.45) is 9.42. The third-order valence-electron chi connectivity index (χ3n) is 11.4. The number of esters is 1. The van der Waals surface area contributed by atoms with Gasteiger partial charge in [0, 0.05) is 17.4 Å². The van der Waals surface area contributed by atoms with E-state index >= 15 is 0 Å². The van der Waals surface area contributed by atoms with Crippen LogP contribution in [0.2, 0.25) is 0 Å². The highest BCUT2D eigenvalue weighted by Gasteiger charge is 2.51. The Hall–Kier alpha value is -3.23. The van der Waals surface area contributed by atoms with E-state index in [1.807, 2.05) is 45.9 Å². The van der Waals surface area contributed by atoms with Crippen LogP contribution in [-0.2, 0) is 24.5 Å². The monoisotopic (exact) mass is 619 g/mol. The van der Waals surface area contributed by atoms with Crippen molar-refractivity contribution in [1.29, 1.82) is 0 Å². The highest BCUT2D eigenvalue weighted by Crippen LogP contribution is 2.54. The summed E-state index contributed by atoms with van der Waals surface area (Å²) in [7, 11) is 1.63. The molecule has 2 aliphatic carbocycles. The van der Waals surface area contributed by atoms with E-state index in [0.29, 0.717) is 23.1 Å². The largest absolute Gasteiger partial charge is 0.497 e. The Morgan fingerprint density at radius 3 is 2.47 bits per heavy atom. The molecule has 244 valence electrons. The average Bonchev–Trinajstić information content (AvgIpc) is 3.60. The first-order valence-corrected chi connectivity index (χ1v) is 16.9. The first kappa shape index (κ1) is 31.7. The molecule has 45 heavy (non-hydrogen) atoms. The van der Waals surface area contributed by atoms with Crippen LogP contribution in [0.25, 0.3) is 11.0 Å². The van der Waals surface area contributed by atoms with Crippen LogP contribution in [-0.4, -0.2) is 64.4 Å². The Balaban J connectivity index is 1.41. The number of rotatable bonds is 2. The Morgan fingerprint density at radius 1 is 1.02 bits per heavy atom. The molecule has 1 saturated heterocycles. The normalized spacial score (nSPS) is 32.2. The number of hydrogen-bond donors (Lipinski definition) is 0. The van der Waals surface area contributed by atoms with Gasteiger partial charge in [0.1, 0.15) is 29.4 Å². The Kier molecular flexibility index (Phi) is 8.36. The van der Waals surface area contributed by atoms with Crippen molar-refractivity contribution in [2.45, 2.75) is 122 Å². The molecule has 1 aromatic heterocycles. The maximum atomic E-state index is 14.3. The van der Waals surface area contributed by atoms with E-state index in [2.05, 4.69) is 6.92 Å². The van der Waals surface area contributed by atoms with E-state index in [9.17, 15) is 14.4 Å². The molecule has 3 heterocycles. The molecule has 1 amide bonds. The van der Waals surface area contributed by atoms with Crippen molar-refractivity contribution in [3.63, 3.8) is 0 Å². The number of aldehydes is 1. The molecule has 4 aliphatic rings. The van der Waals surface area contributed by atoms with Crippen molar-refractivity contribution in [3.05, 3.63) is 23.9 Å². The predicted octanol–water partition coefficient (Wildman–Crippen LogP) is 6.19. The number of aromatic nitrogens is 2. The SMILES string of the molecule is COc1ccc2nc3c(nc2c1)O[C@H]1CN(C(=O)[C@H](C(C)(C)C)CC(=O)O[C@]2(C)CCC[C@H]2CCCCC32CC2)[C@H](C=O)[C@@H]1C. The minimum absolute atomic E-state index is 0.0166. The zero-order chi connectivity index (χ0) is 32.1. The Morgan fingerprint density at radius 2 is 1.78 bits per heavy atom. The van der Waals surface area contributed by atoms with E-state index in [0.717, 1.165) is 75.3 Å². The van der Waals surface area contributed by atoms with Crippen molar-refractivity contribution < 1.29 is 28.6 Å². The minimum Gasteiger partial charge on any atom is -0.497 e. The fraction of sp³-hybridized carbons (Fsp3) is 0.694. The van der Waals surface area contributed by atoms with E-state index < -0.39 is 29.1 Å². The standard InChI is InChI=1S/C36H49N3O6/c1-22-28(21-40)39-20-29(22)44-32-31(37-26-13-12-24(43-6)18-27(26)38-32)36(16-17-36)15-8-7-10-23-11-9-14-35(23,5)45-30(41)19-25(33(39)42)34(2,3)4/h12-13,18,21-23,25,28-29H,7-11,14-17,19-20H2,1-6H3/t22-,23+,25+,28+,29-,35+/m0/s1. The summed E-state index contributed by atoms with van der Waals surface area (Å²) in [6.45, 7) is 10.2. The second kappa shape index (κ2) is 11.8. The second-order valence-electron chi connectivity index (χ2n) is 15.4. The molecule has 6 rings (SSSR count). The van der Waals surface area contributed by atoms with Crippen molar-refractivity contribution >= 4 is 29.2 Å². The number of hydrogen-bond acceptors (Lipinski definition) is 8. The quantitative estimate of drug-likeness (QED) is 0.289. The fourth-order valence-corrected chi connectivity index (χ4v) is 8.12. The topological polar surface area (TPSA) is 108 Å². The zero-order valence-electron chi connectivity index (χ0n) is 27.8. The van der Waals surface area contributed by atoms with Crippen molar-refractivity contribution in [2.24, 2.45) is 23.2 Å². The van der Waals surface area contributed by atoms with Gasteiger partial charge < -0.3 is 23.9 Å². The van der Waals surface area contributed by atoms with Gasteiger partial charge in [0.15, 0.2) is 0 Å². The second-order valence-corrected chi connectivity index (χ2v) is 15.4. The molecular weight excluding hydrogens is 570 g/mol. The van der Waals surface area contributed by atoms with Gasteiger partial charge in [-0.1, -0.05) is 40.5 Å². The van der Waals surface area contributed by atoms with Crippen molar-refractivity contribution in [3.8, 4) is 11.6 Å². The van der Waals surface area contributed by atoms with Gasteiger partial charge in [0.25, 0.3) is 0 Å².